The smallest absolute Gasteiger partial charge is 0.149 e. The van der Waals surface area contributed by atoms with E-state index in [-0.39, 0.29) is 5.82 Å². The lowest BCUT2D eigenvalue weighted by Gasteiger charge is -2.11. The molecule has 1 aromatic heterocycles. The fraction of sp³-hybridized carbons (Fsp3) is 0.167. The minimum Gasteiger partial charge on any atom is -0.318 e. The molecular weight excluding hydrogens is 205 g/mol. The Bertz CT molecular complexity index is 465. The van der Waals surface area contributed by atoms with Crippen molar-refractivity contribution in [3.8, 4) is 0 Å². The van der Waals surface area contributed by atoms with Gasteiger partial charge in [-0.3, -0.25) is 0 Å². The van der Waals surface area contributed by atoms with Crippen molar-refractivity contribution < 1.29 is 4.39 Å². The first-order chi connectivity index (χ1) is 7.66. The van der Waals surface area contributed by atoms with Crippen LogP contribution in [0.25, 0.3) is 0 Å². The lowest BCUT2D eigenvalue weighted by molar-refractivity contribution is 0.621. The van der Waals surface area contributed by atoms with Gasteiger partial charge in [0.05, 0.1) is 6.04 Å². The average molecular weight is 217 g/mol. The van der Waals surface area contributed by atoms with E-state index in [1.54, 1.807) is 18.5 Å². The van der Waals surface area contributed by atoms with Crippen LogP contribution in [0, 0.1) is 12.7 Å². The summed E-state index contributed by atoms with van der Waals surface area (Å²) < 4.78 is 13.2. The van der Waals surface area contributed by atoms with E-state index in [0.717, 1.165) is 5.56 Å². The van der Waals surface area contributed by atoms with E-state index in [4.69, 9.17) is 5.73 Å². The van der Waals surface area contributed by atoms with E-state index >= 15 is 0 Å². The van der Waals surface area contributed by atoms with Gasteiger partial charge in [0, 0.05) is 12.4 Å². The molecule has 0 spiro atoms. The van der Waals surface area contributed by atoms with Gasteiger partial charge in [0.2, 0.25) is 0 Å². The summed E-state index contributed by atoms with van der Waals surface area (Å²) in [5.74, 6) is 0.203. The predicted molar refractivity (Wildman–Crippen MR) is 59.2 cm³/mol. The van der Waals surface area contributed by atoms with Crippen molar-refractivity contribution in [3.05, 3.63) is 59.4 Å². The standard InChI is InChI=1S/C12H12FN3/c1-8-5-9(7-10(13)6-8)11(14)12-15-3-2-4-16-12/h2-7,11H,14H2,1H3. The van der Waals surface area contributed by atoms with Gasteiger partial charge in [0.1, 0.15) is 11.6 Å². The van der Waals surface area contributed by atoms with Crippen molar-refractivity contribution >= 4 is 0 Å². The van der Waals surface area contributed by atoms with E-state index in [2.05, 4.69) is 9.97 Å². The summed E-state index contributed by atoms with van der Waals surface area (Å²) >= 11 is 0. The fourth-order valence-corrected chi connectivity index (χ4v) is 1.56. The highest BCUT2D eigenvalue weighted by Gasteiger charge is 2.12. The molecule has 0 amide bonds. The van der Waals surface area contributed by atoms with Gasteiger partial charge in [-0.2, -0.15) is 0 Å². The maximum absolute atomic E-state index is 13.2. The quantitative estimate of drug-likeness (QED) is 0.836. The number of benzene rings is 1. The first-order valence-corrected chi connectivity index (χ1v) is 4.96. The molecule has 0 aliphatic carbocycles. The van der Waals surface area contributed by atoms with E-state index in [1.807, 2.05) is 13.0 Å². The van der Waals surface area contributed by atoms with Gasteiger partial charge in [-0.25, -0.2) is 14.4 Å². The first kappa shape index (κ1) is 10.7. The van der Waals surface area contributed by atoms with Crippen molar-refractivity contribution in [2.45, 2.75) is 13.0 Å². The Kier molecular flexibility index (Phi) is 2.92. The van der Waals surface area contributed by atoms with Crippen LogP contribution in [0.3, 0.4) is 0 Å². The number of aryl methyl sites for hydroxylation is 1. The van der Waals surface area contributed by atoms with Crippen LogP contribution in [0.4, 0.5) is 4.39 Å². The van der Waals surface area contributed by atoms with Gasteiger partial charge in [0.15, 0.2) is 0 Å². The zero-order chi connectivity index (χ0) is 11.5. The number of nitrogens with zero attached hydrogens (tertiary/aromatic N) is 2. The molecule has 0 aliphatic rings. The zero-order valence-electron chi connectivity index (χ0n) is 8.89. The van der Waals surface area contributed by atoms with Crippen LogP contribution in [0.1, 0.15) is 23.0 Å². The molecule has 2 N–H and O–H groups in total. The second kappa shape index (κ2) is 4.37. The molecule has 2 rings (SSSR count). The third-order valence-corrected chi connectivity index (χ3v) is 2.29. The molecule has 1 unspecified atom stereocenters. The summed E-state index contributed by atoms with van der Waals surface area (Å²) in [6, 6.07) is 5.93. The van der Waals surface area contributed by atoms with Gasteiger partial charge in [-0.1, -0.05) is 6.07 Å². The molecule has 4 heteroatoms. The number of halogens is 1. The van der Waals surface area contributed by atoms with Crippen molar-refractivity contribution in [2.75, 3.05) is 0 Å². The zero-order valence-corrected chi connectivity index (χ0v) is 8.89. The summed E-state index contributed by atoms with van der Waals surface area (Å²) in [6.07, 6.45) is 3.24. The molecule has 1 heterocycles. The minimum atomic E-state index is -0.490. The fourth-order valence-electron chi connectivity index (χ4n) is 1.56. The summed E-state index contributed by atoms with van der Waals surface area (Å²) in [5, 5.41) is 0. The molecule has 1 atom stereocenters. The topological polar surface area (TPSA) is 51.8 Å². The van der Waals surface area contributed by atoms with Crippen LogP contribution in [0.15, 0.2) is 36.7 Å². The number of nitrogens with two attached hydrogens (primary N) is 1. The maximum atomic E-state index is 13.2. The van der Waals surface area contributed by atoms with E-state index in [0.29, 0.717) is 11.4 Å². The summed E-state index contributed by atoms with van der Waals surface area (Å²) in [7, 11) is 0. The molecule has 0 fully saturated rings. The Morgan fingerprint density at radius 2 is 1.88 bits per heavy atom. The van der Waals surface area contributed by atoms with Crippen LogP contribution in [-0.2, 0) is 0 Å². The first-order valence-electron chi connectivity index (χ1n) is 4.96. The molecule has 0 aliphatic heterocycles. The van der Waals surface area contributed by atoms with E-state index in [9.17, 15) is 4.39 Å². The molecule has 1 aromatic carbocycles. The molecule has 0 radical (unpaired) electrons. The monoisotopic (exact) mass is 217 g/mol. The van der Waals surface area contributed by atoms with Crippen molar-refractivity contribution in [1.82, 2.24) is 9.97 Å². The Morgan fingerprint density at radius 3 is 2.50 bits per heavy atom. The molecule has 0 saturated carbocycles. The Morgan fingerprint density at radius 1 is 1.19 bits per heavy atom. The lowest BCUT2D eigenvalue weighted by Crippen LogP contribution is -2.15. The third kappa shape index (κ3) is 2.23. The van der Waals surface area contributed by atoms with Crippen LogP contribution >= 0.6 is 0 Å². The Labute approximate surface area is 93.2 Å². The number of aromatic nitrogens is 2. The maximum Gasteiger partial charge on any atom is 0.149 e. The van der Waals surface area contributed by atoms with Gasteiger partial charge < -0.3 is 5.73 Å². The molecule has 0 bridgehead atoms. The highest BCUT2D eigenvalue weighted by molar-refractivity contribution is 5.29. The molecule has 3 nitrogen and oxygen atoms in total. The SMILES string of the molecule is Cc1cc(F)cc(C(N)c2ncccn2)c1. The van der Waals surface area contributed by atoms with Crippen molar-refractivity contribution in [3.63, 3.8) is 0 Å². The minimum absolute atomic E-state index is 0.290. The second-order valence-corrected chi connectivity index (χ2v) is 3.65. The van der Waals surface area contributed by atoms with Gasteiger partial charge in [0.25, 0.3) is 0 Å². The normalized spacial score (nSPS) is 12.4. The van der Waals surface area contributed by atoms with Gasteiger partial charge in [-0.15, -0.1) is 0 Å². The number of hydrogen-bond acceptors (Lipinski definition) is 3. The summed E-state index contributed by atoms with van der Waals surface area (Å²) in [5.41, 5.74) is 7.48. The highest BCUT2D eigenvalue weighted by Crippen LogP contribution is 2.18. The van der Waals surface area contributed by atoms with Crippen LogP contribution in [-0.4, -0.2) is 9.97 Å². The molecule has 16 heavy (non-hydrogen) atoms. The number of hydrogen-bond donors (Lipinski definition) is 1. The molecule has 82 valence electrons. The van der Waals surface area contributed by atoms with Crippen molar-refractivity contribution in [1.29, 1.82) is 0 Å². The average Bonchev–Trinajstić information content (AvgIpc) is 2.28. The van der Waals surface area contributed by atoms with Crippen molar-refractivity contribution in [2.24, 2.45) is 5.73 Å². The molecule has 0 saturated heterocycles. The molecule has 2 aromatic rings. The Balaban J connectivity index is 2.37. The van der Waals surface area contributed by atoms with Gasteiger partial charge in [-0.05, 0) is 36.2 Å². The highest BCUT2D eigenvalue weighted by atomic mass is 19.1. The van der Waals surface area contributed by atoms with Crippen LogP contribution < -0.4 is 5.73 Å². The summed E-state index contributed by atoms with van der Waals surface area (Å²) in [6.45, 7) is 1.82. The Hall–Kier alpha value is -1.81. The number of rotatable bonds is 2. The van der Waals surface area contributed by atoms with E-state index < -0.39 is 6.04 Å². The largest absolute Gasteiger partial charge is 0.318 e. The molecular formula is C12H12FN3. The lowest BCUT2D eigenvalue weighted by atomic mass is 10.0. The van der Waals surface area contributed by atoms with Crippen LogP contribution in [0.2, 0.25) is 0 Å². The summed E-state index contributed by atoms with van der Waals surface area (Å²) in [4.78, 5) is 8.11. The van der Waals surface area contributed by atoms with Gasteiger partial charge >= 0.3 is 0 Å². The predicted octanol–water partition coefficient (Wildman–Crippen LogP) is 1.97. The second-order valence-electron chi connectivity index (χ2n) is 3.65. The van der Waals surface area contributed by atoms with Crippen LogP contribution in [0.5, 0.6) is 0 Å². The van der Waals surface area contributed by atoms with E-state index in [1.165, 1.54) is 12.1 Å². The third-order valence-electron chi connectivity index (χ3n) is 2.29.